The fraction of sp³-hybridized carbons (Fsp3) is 0.118. The van der Waals surface area contributed by atoms with E-state index < -0.39 is 40.2 Å². The van der Waals surface area contributed by atoms with Gasteiger partial charge in [-0.3, -0.25) is 29.4 Å². The van der Waals surface area contributed by atoms with Crippen molar-refractivity contribution in [2.75, 3.05) is 5.32 Å². The molecule has 1 atom stereocenters. The van der Waals surface area contributed by atoms with Crippen LogP contribution >= 0.6 is 0 Å². The predicted molar refractivity (Wildman–Crippen MR) is 88.1 cm³/mol. The highest BCUT2D eigenvalue weighted by Gasteiger charge is 2.44. The summed E-state index contributed by atoms with van der Waals surface area (Å²) in [5.74, 6) is -3.23. The van der Waals surface area contributed by atoms with E-state index in [0.29, 0.717) is 4.90 Å². The number of nitrogens with zero attached hydrogens (tertiary/aromatic N) is 2. The molecule has 26 heavy (non-hydrogen) atoms. The summed E-state index contributed by atoms with van der Waals surface area (Å²) in [5.41, 5.74) is -1.11. The summed E-state index contributed by atoms with van der Waals surface area (Å²) in [6.07, 6.45) is 0. The van der Waals surface area contributed by atoms with Gasteiger partial charge in [0, 0.05) is 6.07 Å². The molecule has 1 aliphatic rings. The van der Waals surface area contributed by atoms with E-state index in [1.165, 1.54) is 37.3 Å². The summed E-state index contributed by atoms with van der Waals surface area (Å²) in [5, 5.41) is 13.4. The van der Waals surface area contributed by atoms with Crippen LogP contribution in [0.4, 0.5) is 15.8 Å². The van der Waals surface area contributed by atoms with E-state index in [0.717, 1.165) is 12.1 Å². The first-order chi connectivity index (χ1) is 12.3. The molecule has 0 aliphatic carbocycles. The van der Waals surface area contributed by atoms with Crippen molar-refractivity contribution in [3.63, 3.8) is 0 Å². The van der Waals surface area contributed by atoms with Crippen LogP contribution in [0.2, 0.25) is 0 Å². The molecule has 132 valence electrons. The van der Waals surface area contributed by atoms with Crippen molar-refractivity contribution in [1.29, 1.82) is 0 Å². The van der Waals surface area contributed by atoms with Gasteiger partial charge in [0.2, 0.25) is 5.91 Å². The average Bonchev–Trinajstić information content (AvgIpc) is 2.87. The zero-order valence-corrected chi connectivity index (χ0v) is 13.4. The van der Waals surface area contributed by atoms with Gasteiger partial charge in [-0.25, -0.2) is 4.39 Å². The number of hydrogen-bond acceptors (Lipinski definition) is 5. The molecule has 0 saturated carbocycles. The molecule has 0 saturated heterocycles. The third-order valence-electron chi connectivity index (χ3n) is 4.02. The Labute approximate surface area is 146 Å². The second-order valence-electron chi connectivity index (χ2n) is 5.58. The molecule has 2 aromatic carbocycles. The molecule has 3 amide bonds. The highest BCUT2D eigenvalue weighted by atomic mass is 19.1. The van der Waals surface area contributed by atoms with Gasteiger partial charge in [-0.15, -0.1) is 0 Å². The molecule has 3 rings (SSSR count). The van der Waals surface area contributed by atoms with E-state index in [9.17, 15) is 28.9 Å². The summed E-state index contributed by atoms with van der Waals surface area (Å²) in [7, 11) is 0. The first kappa shape index (κ1) is 17.2. The SMILES string of the molecule is CC(C(=O)Nc1ccccc1F)N1C(=O)c2cccc([N+](=O)[O-])c2C1=O. The lowest BCUT2D eigenvalue weighted by molar-refractivity contribution is -0.385. The number of nitro groups is 1. The van der Waals surface area contributed by atoms with Crippen LogP contribution in [0.1, 0.15) is 27.6 Å². The van der Waals surface area contributed by atoms with Gasteiger partial charge in [-0.05, 0) is 25.1 Å². The van der Waals surface area contributed by atoms with Crippen LogP contribution in [0.25, 0.3) is 0 Å². The van der Waals surface area contributed by atoms with Crippen LogP contribution in [0.15, 0.2) is 42.5 Å². The van der Waals surface area contributed by atoms with Crippen molar-refractivity contribution in [2.24, 2.45) is 0 Å². The molecule has 1 heterocycles. The highest BCUT2D eigenvalue weighted by molar-refractivity contribution is 6.24. The Morgan fingerprint density at radius 3 is 2.50 bits per heavy atom. The Balaban J connectivity index is 1.90. The van der Waals surface area contributed by atoms with Crippen molar-refractivity contribution in [3.05, 3.63) is 69.5 Å². The van der Waals surface area contributed by atoms with Gasteiger partial charge in [0.15, 0.2) is 0 Å². The smallest absolute Gasteiger partial charge is 0.282 e. The molecule has 0 bridgehead atoms. The monoisotopic (exact) mass is 357 g/mol. The maximum Gasteiger partial charge on any atom is 0.282 e. The third-order valence-corrected chi connectivity index (χ3v) is 4.02. The van der Waals surface area contributed by atoms with Crippen molar-refractivity contribution in [3.8, 4) is 0 Å². The van der Waals surface area contributed by atoms with Crippen molar-refractivity contribution in [2.45, 2.75) is 13.0 Å². The van der Waals surface area contributed by atoms with Crippen molar-refractivity contribution < 1.29 is 23.7 Å². The van der Waals surface area contributed by atoms with E-state index in [4.69, 9.17) is 0 Å². The Morgan fingerprint density at radius 1 is 1.15 bits per heavy atom. The van der Waals surface area contributed by atoms with Crippen LogP contribution in [0.3, 0.4) is 0 Å². The predicted octanol–water partition coefficient (Wildman–Crippen LogP) is 2.36. The number of carbonyl (C=O) groups is 3. The van der Waals surface area contributed by atoms with E-state index in [2.05, 4.69) is 5.32 Å². The number of nitro benzene ring substituents is 1. The van der Waals surface area contributed by atoms with Crippen molar-refractivity contribution >= 4 is 29.1 Å². The van der Waals surface area contributed by atoms with Gasteiger partial charge in [0.05, 0.1) is 16.2 Å². The van der Waals surface area contributed by atoms with Crippen LogP contribution in [0.5, 0.6) is 0 Å². The number of benzene rings is 2. The van der Waals surface area contributed by atoms with E-state index in [1.807, 2.05) is 0 Å². The number of carbonyl (C=O) groups excluding carboxylic acids is 3. The fourth-order valence-electron chi connectivity index (χ4n) is 2.71. The van der Waals surface area contributed by atoms with E-state index >= 15 is 0 Å². The van der Waals surface area contributed by atoms with Crippen LogP contribution in [-0.2, 0) is 4.79 Å². The molecular weight excluding hydrogens is 345 g/mol. The number of nitrogens with one attached hydrogen (secondary N) is 1. The first-order valence-corrected chi connectivity index (χ1v) is 7.53. The summed E-state index contributed by atoms with van der Waals surface area (Å²) >= 11 is 0. The van der Waals surface area contributed by atoms with Crippen molar-refractivity contribution in [1.82, 2.24) is 4.90 Å². The van der Waals surface area contributed by atoms with Gasteiger partial charge in [0.25, 0.3) is 17.5 Å². The average molecular weight is 357 g/mol. The Hall–Kier alpha value is -3.62. The Morgan fingerprint density at radius 2 is 1.85 bits per heavy atom. The normalized spacial score (nSPS) is 14.2. The maximum absolute atomic E-state index is 13.7. The number of halogens is 1. The lowest BCUT2D eigenvalue weighted by atomic mass is 10.1. The fourth-order valence-corrected chi connectivity index (χ4v) is 2.71. The molecular formula is C17H12FN3O5. The standard InChI is InChI=1S/C17H12FN3O5/c1-9(15(22)19-12-7-3-2-6-11(12)18)20-16(23)10-5-4-8-13(21(25)26)14(10)17(20)24/h2-9H,1H3,(H,19,22). The zero-order chi connectivity index (χ0) is 19.0. The summed E-state index contributed by atoms with van der Waals surface area (Å²) in [4.78, 5) is 48.3. The molecule has 0 fully saturated rings. The van der Waals surface area contributed by atoms with Crippen LogP contribution < -0.4 is 5.32 Å². The minimum atomic E-state index is -1.29. The molecule has 9 heteroatoms. The largest absolute Gasteiger partial charge is 0.322 e. The second kappa shape index (κ2) is 6.36. The minimum Gasteiger partial charge on any atom is -0.322 e. The number of fused-ring (bicyclic) bond motifs is 1. The number of amides is 3. The van der Waals surface area contributed by atoms with E-state index in [-0.39, 0.29) is 16.8 Å². The second-order valence-corrected chi connectivity index (χ2v) is 5.58. The number of imide groups is 1. The molecule has 0 aromatic heterocycles. The van der Waals surface area contributed by atoms with Gasteiger partial charge in [0.1, 0.15) is 17.4 Å². The molecule has 0 radical (unpaired) electrons. The minimum absolute atomic E-state index is 0.105. The summed E-state index contributed by atoms with van der Waals surface area (Å²) in [6, 6.07) is 7.81. The molecule has 1 aliphatic heterocycles. The molecule has 8 nitrogen and oxygen atoms in total. The number of hydrogen-bond donors (Lipinski definition) is 1. The van der Waals surface area contributed by atoms with Crippen LogP contribution in [0, 0.1) is 15.9 Å². The highest BCUT2D eigenvalue weighted by Crippen LogP contribution is 2.32. The number of rotatable bonds is 4. The maximum atomic E-state index is 13.7. The topological polar surface area (TPSA) is 110 Å². The third kappa shape index (κ3) is 2.69. The first-order valence-electron chi connectivity index (χ1n) is 7.53. The van der Waals surface area contributed by atoms with Gasteiger partial charge >= 0.3 is 0 Å². The number of anilines is 1. The lowest BCUT2D eigenvalue weighted by Crippen LogP contribution is -2.45. The van der Waals surface area contributed by atoms with Gasteiger partial charge in [-0.1, -0.05) is 18.2 Å². The van der Waals surface area contributed by atoms with E-state index in [1.54, 1.807) is 0 Å². The van der Waals surface area contributed by atoms with Crippen LogP contribution in [-0.4, -0.2) is 33.6 Å². The summed E-state index contributed by atoms with van der Waals surface area (Å²) in [6.45, 7) is 1.28. The zero-order valence-electron chi connectivity index (χ0n) is 13.4. The molecule has 1 unspecified atom stereocenters. The summed E-state index contributed by atoms with van der Waals surface area (Å²) < 4.78 is 13.7. The molecule has 0 spiro atoms. The molecule has 2 aromatic rings. The number of para-hydroxylation sites is 1. The quantitative estimate of drug-likeness (QED) is 0.513. The Bertz CT molecular complexity index is 959. The lowest BCUT2D eigenvalue weighted by Gasteiger charge is -2.21. The van der Waals surface area contributed by atoms with Gasteiger partial charge < -0.3 is 5.32 Å². The van der Waals surface area contributed by atoms with Gasteiger partial charge in [-0.2, -0.15) is 0 Å². The Kier molecular flexibility index (Phi) is 4.21. The molecule has 1 N–H and O–H groups in total.